The van der Waals surface area contributed by atoms with Gasteiger partial charge in [0.05, 0.1) is 0 Å². The molecule has 4 heavy (non-hydrogen) atoms. The van der Waals surface area contributed by atoms with Gasteiger partial charge < -0.3 is 0 Å². The Hall–Kier alpha value is 3.12. The minimum atomic E-state index is 0. The molecule has 0 aliphatic heterocycles. The van der Waals surface area contributed by atoms with E-state index >= 15 is 0 Å². The number of rotatable bonds is 0. The van der Waals surface area contributed by atoms with Crippen LogP contribution in [0, 0.1) is 0 Å². The summed E-state index contributed by atoms with van der Waals surface area (Å²) in [5.41, 5.74) is 0. The van der Waals surface area contributed by atoms with E-state index in [4.69, 9.17) is 0 Å². The Morgan fingerprint density at radius 1 is 1.00 bits per heavy atom. The Labute approximate surface area is 92.6 Å². The van der Waals surface area contributed by atoms with Crippen molar-refractivity contribution in [1.29, 1.82) is 0 Å². The van der Waals surface area contributed by atoms with E-state index in [0.717, 1.165) is 0 Å². The molecular weight excluding hydrogens is 231 g/mol. The molecule has 0 amide bonds. The van der Waals surface area contributed by atoms with E-state index in [1.54, 1.807) is 0 Å². The third-order valence-corrected chi connectivity index (χ3v) is 0. The monoisotopic (exact) mass is 238 g/mol. The second-order valence-electron chi connectivity index (χ2n) is 0. The van der Waals surface area contributed by atoms with Crippen LogP contribution in [0.25, 0.3) is 0 Å². The summed E-state index contributed by atoms with van der Waals surface area (Å²) in [4.78, 5) is 0. The Kier molecular flexibility index (Phi) is 113. The maximum absolute atomic E-state index is 0. The first-order chi connectivity index (χ1) is 0. The third kappa shape index (κ3) is 8.93. The van der Waals surface area contributed by atoms with E-state index in [2.05, 4.69) is 0 Å². The Balaban J connectivity index is 0. The van der Waals surface area contributed by atoms with Crippen LogP contribution in [0.1, 0.15) is 0 Å². The van der Waals surface area contributed by atoms with Gasteiger partial charge in [0, 0.05) is 17.1 Å². The predicted octanol–water partition coefficient (Wildman–Crippen LogP) is -1.51. The van der Waals surface area contributed by atoms with E-state index in [1.807, 2.05) is 0 Å². The second-order valence-corrected chi connectivity index (χ2v) is 0. The van der Waals surface area contributed by atoms with Crippen molar-refractivity contribution in [3.63, 3.8) is 0 Å². The zero-order chi connectivity index (χ0) is 0. The summed E-state index contributed by atoms with van der Waals surface area (Å²) >= 11 is 0. The van der Waals surface area contributed by atoms with Gasteiger partial charge in [0.1, 0.15) is 0 Å². The summed E-state index contributed by atoms with van der Waals surface area (Å²) in [6, 6.07) is 0. The van der Waals surface area contributed by atoms with E-state index in [1.165, 1.54) is 0 Å². The molecule has 0 aliphatic rings. The summed E-state index contributed by atoms with van der Waals surface area (Å²) < 4.78 is 0. The molecule has 0 N–H and O–H groups in total. The van der Waals surface area contributed by atoms with Gasteiger partial charge in [0.25, 0.3) is 0 Å². The first kappa shape index (κ1) is 27.4. The molecule has 0 radical (unpaired) electrons. The first-order valence-electron chi connectivity index (χ1n) is 0. The van der Waals surface area contributed by atoms with Gasteiger partial charge >= 0.3 is 67.7 Å². The van der Waals surface area contributed by atoms with Gasteiger partial charge in [-0.2, -0.15) is 9.90 Å². The molecule has 0 rings (SSSR count). The molecule has 0 nitrogen and oxygen atoms in total. The molecule has 1 atom stereocenters. The molecule has 0 aromatic heterocycles. The number of hydrogen-bond donors (Lipinski definition) is 0. The van der Waals surface area contributed by atoms with E-state index in [0.29, 0.717) is 0 Å². The maximum atomic E-state index is 0. The third-order valence-electron chi connectivity index (χ3n) is 0. The topological polar surface area (TPSA) is 0 Å². The Morgan fingerprint density at radius 2 is 1.00 bits per heavy atom. The van der Waals surface area contributed by atoms with Gasteiger partial charge in [-0.15, -0.1) is 0 Å². The van der Waals surface area contributed by atoms with E-state index in [-0.39, 0.29) is 94.7 Å². The van der Waals surface area contributed by atoms with Crippen molar-refractivity contribution in [2.24, 2.45) is 0 Å². The molecule has 0 bridgehead atoms. The van der Waals surface area contributed by atoms with Crippen LogP contribution >= 0.6 is 9.90 Å². The molecule has 22 valence electrons. The predicted molar refractivity (Wildman–Crippen MR) is 26.8 cm³/mol. The second kappa shape index (κ2) is 16.5. The molecule has 0 saturated heterocycles. The van der Waals surface area contributed by atoms with Crippen molar-refractivity contribution in [3.8, 4) is 0 Å². The Bertz CT molecular complexity index is 8.00. The van der Waals surface area contributed by atoms with Gasteiger partial charge in [-0.25, -0.2) is 0 Å². The van der Waals surface area contributed by atoms with Crippen LogP contribution < -0.4 is 0 Å². The molecule has 0 heterocycles. The fourth-order valence-corrected chi connectivity index (χ4v) is 0. The van der Waals surface area contributed by atoms with Crippen LogP contribution in [0.3, 0.4) is 0 Å². The van der Waals surface area contributed by atoms with Crippen LogP contribution in [0.4, 0.5) is 0 Å². The van der Waals surface area contributed by atoms with Gasteiger partial charge in [-0.3, -0.25) is 0 Å². The molecule has 0 saturated carbocycles. The van der Waals surface area contributed by atoms with Crippen LogP contribution in [0.5, 0.6) is 0 Å². The Morgan fingerprint density at radius 3 is 1.00 bits per heavy atom. The van der Waals surface area contributed by atoms with Crippen molar-refractivity contribution in [3.05, 3.63) is 0 Å². The quantitative estimate of drug-likeness (QED) is 0.355. The SMILES string of the molecule is P.[BaH2].[Fe].[LiH]. The van der Waals surface area contributed by atoms with E-state index in [9.17, 15) is 0 Å². The minimum absolute atomic E-state index is 0. The summed E-state index contributed by atoms with van der Waals surface area (Å²) in [5.74, 6) is 0. The summed E-state index contributed by atoms with van der Waals surface area (Å²) in [6.45, 7) is 0. The fourth-order valence-electron chi connectivity index (χ4n) is 0. The van der Waals surface area contributed by atoms with Crippen molar-refractivity contribution < 1.29 is 17.1 Å². The van der Waals surface area contributed by atoms with Crippen molar-refractivity contribution >= 4 is 77.6 Å². The van der Waals surface area contributed by atoms with Crippen LogP contribution in [-0.2, 0) is 17.1 Å². The molecular formula is H6BaFeLiP. The van der Waals surface area contributed by atoms with Gasteiger partial charge in [-0.1, -0.05) is 0 Å². The van der Waals surface area contributed by atoms with Crippen molar-refractivity contribution in [1.82, 2.24) is 0 Å². The number of hydrogen-bond acceptors (Lipinski definition) is 0. The van der Waals surface area contributed by atoms with Crippen LogP contribution in [0.15, 0.2) is 0 Å². The molecule has 1 unspecified atom stereocenters. The average Bonchev–Trinajstić information content (AvgIpc) is 0. The van der Waals surface area contributed by atoms with Gasteiger partial charge in [0.2, 0.25) is 0 Å². The first-order valence-corrected chi connectivity index (χ1v) is 0. The molecule has 0 aromatic rings. The summed E-state index contributed by atoms with van der Waals surface area (Å²) in [6.07, 6.45) is 0. The molecule has 0 aromatic carbocycles. The van der Waals surface area contributed by atoms with Crippen LogP contribution in [0.2, 0.25) is 0 Å². The summed E-state index contributed by atoms with van der Waals surface area (Å²) in [7, 11) is 0. The van der Waals surface area contributed by atoms with Gasteiger partial charge in [0.15, 0.2) is 0 Å². The molecule has 0 fully saturated rings. The summed E-state index contributed by atoms with van der Waals surface area (Å²) in [5, 5.41) is 0. The van der Waals surface area contributed by atoms with Crippen LogP contribution in [-0.4, -0.2) is 67.7 Å². The molecule has 0 spiro atoms. The zero-order valence-corrected chi connectivity index (χ0v) is 3.58. The fraction of sp³-hybridized carbons (Fsp3) is 0. The molecule has 4 heteroatoms. The van der Waals surface area contributed by atoms with Gasteiger partial charge in [-0.05, 0) is 0 Å². The molecule has 0 aliphatic carbocycles. The van der Waals surface area contributed by atoms with E-state index < -0.39 is 0 Å². The van der Waals surface area contributed by atoms with Crippen molar-refractivity contribution in [2.45, 2.75) is 0 Å². The average molecular weight is 237 g/mol. The van der Waals surface area contributed by atoms with Crippen molar-refractivity contribution in [2.75, 3.05) is 0 Å². The standard InChI is InChI=1S/Ba.Fe.Li.H3P.3H/h;;;1H3;;;. The zero-order valence-electron chi connectivity index (χ0n) is 1.06. The normalized spacial score (nSPS) is 0.